The van der Waals surface area contributed by atoms with Crippen LogP contribution in [-0.4, -0.2) is 40.3 Å². The highest BCUT2D eigenvalue weighted by molar-refractivity contribution is 5.93. The van der Waals surface area contributed by atoms with Gasteiger partial charge in [-0.3, -0.25) is 4.79 Å². The van der Waals surface area contributed by atoms with Crippen LogP contribution in [0.5, 0.6) is 0 Å². The lowest BCUT2D eigenvalue weighted by Crippen LogP contribution is -2.45. The number of rotatable bonds is 3. The molecule has 1 aliphatic rings. The Morgan fingerprint density at radius 2 is 2.37 bits per heavy atom. The van der Waals surface area contributed by atoms with E-state index in [4.69, 9.17) is 5.73 Å². The van der Waals surface area contributed by atoms with Crippen molar-refractivity contribution in [2.45, 2.75) is 13.3 Å². The highest BCUT2D eigenvalue weighted by atomic mass is 16.6. The van der Waals surface area contributed by atoms with Gasteiger partial charge in [0.2, 0.25) is 0 Å². The lowest BCUT2D eigenvalue weighted by atomic mass is 9.87. The fraction of sp³-hybridized carbons (Fsp3) is 0.583. The van der Waals surface area contributed by atoms with Gasteiger partial charge in [-0.2, -0.15) is 0 Å². The number of nitrogens with zero attached hydrogens (tertiary/aromatic N) is 2. The maximum atomic E-state index is 12.2. The van der Waals surface area contributed by atoms with E-state index in [0.29, 0.717) is 31.5 Å². The SMILES string of the molecule is CC1CCN(C(=O)c2ccc([N+](=O)[O-])[nH]2)CC1CN. The summed E-state index contributed by atoms with van der Waals surface area (Å²) in [5.41, 5.74) is 5.96. The smallest absolute Gasteiger partial charge is 0.321 e. The molecule has 2 rings (SSSR count). The second-order valence-electron chi connectivity index (χ2n) is 5.03. The molecular weight excluding hydrogens is 248 g/mol. The van der Waals surface area contributed by atoms with Gasteiger partial charge in [0, 0.05) is 19.2 Å². The average Bonchev–Trinajstić information content (AvgIpc) is 2.88. The molecule has 1 amide bonds. The van der Waals surface area contributed by atoms with E-state index in [-0.39, 0.29) is 17.4 Å². The first-order valence-electron chi connectivity index (χ1n) is 6.35. The molecule has 2 unspecified atom stereocenters. The van der Waals surface area contributed by atoms with E-state index in [1.165, 1.54) is 12.1 Å². The van der Waals surface area contributed by atoms with Crippen LogP contribution in [0.15, 0.2) is 12.1 Å². The molecule has 1 aliphatic heterocycles. The molecule has 7 heteroatoms. The maximum absolute atomic E-state index is 12.2. The Kier molecular flexibility index (Phi) is 3.84. The molecule has 0 bridgehead atoms. The summed E-state index contributed by atoms with van der Waals surface area (Å²) in [5.74, 6) is 0.442. The predicted octanol–water partition coefficient (Wildman–Crippen LogP) is 0.980. The molecule has 1 fully saturated rings. The molecule has 1 aromatic rings. The van der Waals surface area contributed by atoms with E-state index in [1.54, 1.807) is 4.90 Å². The number of piperidine rings is 1. The molecule has 3 N–H and O–H groups in total. The number of likely N-dealkylation sites (tertiary alicyclic amines) is 1. The van der Waals surface area contributed by atoms with Crippen LogP contribution in [0.4, 0.5) is 5.82 Å². The topological polar surface area (TPSA) is 105 Å². The number of carbonyl (C=O) groups is 1. The van der Waals surface area contributed by atoms with Crippen LogP contribution in [0.3, 0.4) is 0 Å². The minimum absolute atomic E-state index is 0.163. The molecule has 0 spiro atoms. The zero-order valence-electron chi connectivity index (χ0n) is 10.8. The standard InChI is InChI=1S/C12H18N4O3/c1-8-4-5-15(7-9(8)6-13)12(17)10-2-3-11(14-10)16(18)19/h2-3,8-9,14H,4-7,13H2,1H3. The minimum Gasteiger partial charge on any atom is -0.358 e. The van der Waals surface area contributed by atoms with Crippen LogP contribution in [0.2, 0.25) is 0 Å². The van der Waals surface area contributed by atoms with Crippen LogP contribution in [0, 0.1) is 22.0 Å². The Morgan fingerprint density at radius 1 is 1.63 bits per heavy atom. The van der Waals surface area contributed by atoms with E-state index in [2.05, 4.69) is 11.9 Å². The summed E-state index contributed by atoms with van der Waals surface area (Å²) in [4.78, 5) is 26.5. The molecule has 1 saturated heterocycles. The number of H-pyrrole nitrogens is 1. The van der Waals surface area contributed by atoms with Gasteiger partial charge in [0.05, 0.1) is 0 Å². The molecule has 2 atom stereocenters. The highest BCUT2D eigenvalue weighted by Gasteiger charge is 2.30. The number of hydrogen-bond donors (Lipinski definition) is 2. The van der Waals surface area contributed by atoms with Gasteiger partial charge in [-0.15, -0.1) is 0 Å². The summed E-state index contributed by atoms with van der Waals surface area (Å²) in [6.45, 7) is 3.97. The molecule has 0 aliphatic carbocycles. The molecule has 0 saturated carbocycles. The Bertz CT molecular complexity index is 485. The fourth-order valence-corrected chi connectivity index (χ4v) is 2.43. The van der Waals surface area contributed by atoms with Crippen LogP contribution in [0.1, 0.15) is 23.8 Å². The molecule has 19 heavy (non-hydrogen) atoms. The van der Waals surface area contributed by atoms with Gasteiger partial charge in [-0.25, -0.2) is 4.98 Å². The lowest BCUT2D eigenvalue weighted by Gasteiger charge is -2.35. The van der Waals surface area contributed by atoms with Crippen molar-refractivity contribution in [3.05, 3.63) is 27.9 Å². The Morgan fingerprint density at radius 3 is 2.95 bits per heavy atom. The summed E-state index contributed by atoms with van der Waals surface area (Å²) < 4.78 is 0. The molecule has 7 nitrogen and oxygen atoms in total. The summed E-state index contributed by atoms with van der Waals surface area (Å²) in [5, 5.41) is 10.6. The van der Waals surface area contributed by atoms with Gasteiger partial charge in [-0.1, -0.05) is 6.92 Å². The van der Waals surface area contributed by atoms with E-state index in [0.717, 1.165) is 6.42 Å². The zero-order valence-corrected chi connectivity index (χ0v) is 10.8. The van der Waals surface area contributed by atoms with Crippen LogP contribution < -0.4 is 5.73 Å². The predicted molar refractivity (Wildman–Crippen MR) is 69.7 cm³/mol. The normalized spacial score (nSPS) is 23.4. The molecule has 1 aromatic heterocycles. The highest BCUT2D eigenvalue weighted by Crippen LogP contribution is 2.23. The van der Waals surface area contributed by atoms with Crippen molar-refractivity contribution in [3.8, 4) is 0 Å². The summed E-state index contributed by atoms with van der Waals surface area (Å²) >= 11 is 0. The molecule has 0 radical (unpaired) electrons. The number of nitrogens with two attached hydrogens (primary N) is 1. The van der Waals surface area contributed by atoms with Gasteiger partial charge in [0.25, 0.3) is 5.91 Å². The van der Waals surface area contributed by atoms with Gasteiger partial charge >= 0.3 is 5.82 Å². The van der Waals surface area contributed by atoms with E-state index >= 15 is 0 Å². The first-order chi connectivity index (χ1) is 9.02. The fourth-order valence-electron chi connectivity index (χ4n) is 2.43. The average molecular weight is 266 g/mol. The number of hydrogen-bond acceptors (Lipinski definition) is 4. The largest absolute Gasteiger partial charge is 0.358 e. The number of carbonyl (C=O) groups excluding carboxylic acids is 1. The van der Waals surface area contributed by atoms with E-state index in [1.807, 2.05) is 0 Å². The van der Waals surface area contributed by atoms with Crippen LogP contribution in [0.25, 0.3) is 0 Å². The molecule has 0 aromatic carbocycles. The van der Waals surface area contributed by atoms with Crippen LogP contribution in [-0.2, 0) is 0 Å². The third-order valence-electron chi connectivity index (χ3n) is 3.80. The van der Waals surface area contributed by atoms with E-state index in [9.17, 15) is 14.9 Å². The first kappa shape index (κ1) is 13.5. The van der Waals surface area contributed by atoms with Crippen molar-refractivity contribution in [2.75, 3.05) is 19.6 Å². The molecular formula is C12H18N4O3. The van der Waals surface area contributed by atoms with E-state index < -0.39 is 4.92 Å². The molecule has 104 valence electrons. The van der Waals surface area contributed by atoms with Gasteiger partial charge < -0.3 is 20.7 Å². The second kappa shape index (κ2) is 5.40. The number of aromatic amines is 1. The van der Waals surface area contributed by atoms with Crippen molar-refractivity contribution < 1.29 is 9.72 Å². The van der Waals surface area contributed by atoms with Crippen LogP contribution >= 0.6 is 0 Å². The summed E-state index contributed by atoms with van der Waals surface area (Å²) in [6, 6.07) is 2.76. The Balaban J connectivity index is 2.08. The maximum Gasteiger partial charge on any atom is 0.321 e. The minimum atomic E-state index is -0.544. The lowest BCUT2D eigenvalue weighted by molar-refractivity contribution is -0.389. The second-order valence-corrected chi connectivity index (χ2v) is 5.03. The summed E-state index contributed by atoms with van der Waals surface area (Å²) in [7, 11) is 0. The third kappa shape index (κ3) is 2.76. The van der Waals surface area contributed by atoms with Crippen molar-refractivity contribution in [2.24, 2.45) is 17.6 Å². The third-order valence-corrected chi connectivity index (χ3v) is 3.80. The van der Waals surface area contributed by atoms with Crippen molar-refractivity contribution in [1.82, 2.24) is 9.88 Å². The monoisotopic (exact) mass is 266 g/mol. The van der Waals surface area contributed by atoms with Crippen molar-refractivity contribution in [1.29, 1.82) is 0 Å². The quantitative estimate of drug-likeness (QED) is 0.628. The first-order valence-corrected chi connectivity index (χ1v) is 6.35. The van der Waals surface area contributed by atoms with Gasteiger partial charge in [-0.05, 0) is 35.8 Å². The number of nitro groups is 1. The van der Waals surface area contributed by atoms with Crippen molar-refractivity contribution >= 4 is 11.7 Å². The Labute approximate surface area is 110 Å². The zero-order chi connectivity index (χ0) is 14.0. The number of amides is 1. The Hall–Kier alpha value is -1.89. The number of aromatic nitrogens is 1. The number of nitrogens with one attached hydrogen (secondary N) is 1. The van der Waals surface area contributed by atoms with Crippen molar-refractivity contribution in [3.63, 3.8) is 0 Å². The van der Waals surface area contributed by atoms with Gasteiger partial charge in [0.15, 0.2) is 5.69 Å². The molecule has 2 heterocycles. The summed E-state index contributed by atoms with van der Waals surface area (Å²) in [6.07, 6.45) is 0.913. The van der Waals surface area contributed by atoms with Gasteiger partial charge in [0.1, 0.15) is 0 Å².